The van der Waals surface area contributed by atoms with Crippen LogP contribution in [0.1, 0.15) is 11.3 Å². The Morgan fingerprint density at radius 2 is 1.78 bits per heavy atom. The number of aryl methyl sites for hydroxylation is 1. The molecule has 1 saturated heterocycles. The molecule has 0 atom stereocenters. The van der Waals surface area contributed by atoms with Gasteiger partial charge in [0.1, 0.15) is 17.5 Å². The average molecular weight is 605 g/mol. The van der Waals surface area contributed by atoms with Crippen LogP contribution in [-0.4, -0.2) is 56.6 Å². The first-order valence-electron chi connectivity index (χ1n) is 12.3. The summed E-state index contributed by atoms with van der Waals surface area (Å²) in [6, 6.07) is 10.5. The van der Waals surface area contributed by atoms with Crippen molar-refractivity contribution in [2.24, 2.45) is 0 Å². The fraction of sp³-hybridized carbons (Fsp3) is 0.240. The summed E-state index contributed by atoms with van der Waals surface area (Å²) in [4.78, 5) is 15.4. The molecule has 0 unspecified atom stereocenters. The summed E-state index contributed by atoms with van der Waals surface area (Å²) in [7, 11) is 0. The second kappa shape index (κ2) is 12.1. The molecule has 1 aliphatic heterocycles. The van der Waals surface area contributed by atoms with Crippen LogP contribution in [0, 0.1) is 6.92 Å². The van der Waals surface area contributed by atoms with Crippen molar-refractivity contribution >= 4 is 69.5 Å². The predicted molar refractivity (Wildman–Crippen MR) is 155 cm³/mol. The fourth-order valence-corrected chi connectivity index (χ4v) is 4.37. The fourth-order valence-electron chi connectivity index (χ4n) is 3.93. The molecule has 214 valence electrons. The average Bonchev–Trinajstić information content (AvgIpc) is 3.39. The number of anilines is 7. The van der Waals surface area contributed by atoms with E-state index in [-0.39, 0.29) is 10.8 Å². The number of ether oxygens (including phenoxy) is 1. The van der Waals surface area contributed by atoms with E-state index < -0.39 is 16.8 Å². The summed E-state index contributed by atoms with van der Waals surface area (Å²) < 4.78 is 44.7. The van der Waals surface area contributed by atoms with E-state index in [9.17, 15) is 13.2 Å². The Morgan fingerprint density at radius 3 is 2.51 bits per heavy atom. The highest BCUT2D eigenvalue weighted by Gasteiger charge is 2.33. The Hall–Kier alpha value is -4.21. The molecule has 5 N–H and O–H groups in total. The van der Waals surface area contributed by atoms with Gasteiger partial charge in [0.15, 0.2) is 10.9 Å². The van der Waals surface area contributed by atoms with Gasteiger partial charge in [-0.25, -0.2) is 9.97 Å². The molecule has 4 heterocycles. The van der Waals surface area contributed by atoms with Crippen LogP contribution in [0.5, 0.6) is 0 Å². The van der Waals surface area contributed by atoms with E-state index in [2.05, 4.69) is 51.3 Å². The van der Waals surface area contributed by atoms with Crippen LogP contribution >= 0.6 is 23.8 Å². The number of pyridine rings is 1. The van der Waals surface area contributed by atoms with E-state index in [1.54, 1.807) is 18.2 Å². The van der Waals surface area contributed by atoms with Crippen molar-refractivity contribution in [3.05, 3.63) is 64.9 Å². The van der Waals surface area contributed by atoms with Crippen molar-refractivity contribution in [1.29, 1.82) is 0 Å². The lowest BCUT2D eigenvalue weighted by Gasteiger charge is -2.26. The molecule has 0 saturated carbocycles. The number of nitrogens with zero attached hydrogens (tertiary/aromatic N) is 5. The van der Waals surface area contributed by atoms with Crippen molar-refractivity contribution in [1.82, 2.24) is 25.1 Å². The molecule has 0 bridgehead atoms. The molecule has 41 heavy (non-hydrogen) atoms. The number of hydrogen-bond donors (Lipinski definition) is 5. The summed E-state index contributed by atoms with van der Waals surface area (Å²) in [5.41, 5.74) is 0.511. The molecule has 11 nitrogen and oxygen atoms in total. The predicted octanol–water partition coefficient (Wildman–Crippen LogP) is 5.71. The van der Waals surface area contributed by atoms with Gasteiger partial charge in [-0.3, -0.25) is 5.10 Å². The molecular weight excluding hydrogens is 581 g/mol. The van der Waals surface area contributed by atoms with Gasteiger partial charge in [0.25, 0.3) is 0 Å². The van der Waals surface area contributed by atoms with Crippen LogP contribution < -0.4 is 26.2 Å². The number of aromatic nitrogens is 5. The van der Waals surface area contributed by atoms with Gasteiger partial charge in [-0.1, -0.05) is 11.6 Å². The van der Waals surface area contributed by atoms with Crippen LogP contribution in [0.25, 0.3) is 0 Å². The van der Waals surface area contributed by atoms with Gasteiger partial charge >= 0.3 is 6.18 Å². The Bertz CT molecular complexity index is 1530. The van der Waals surface area contributed by atoms with Crippen molar-refractivity contribution < 1.29 is 17.9 Å². The zero-order chi connectivity index (χ0) is 29.0. The zero-order valence-corrected chi connectivity index (χ0v) is 23.1. The lowest BCUT2D eigenvalue weighted by atomic mass is 10.2. The number of halogens is 4. The van der Waals surface area contributed by atoms with Crippen LogP contribution in [0.2, 0.25) is 5.02 Å². The van der Waals surface area contributed by atoms with Crippen LogP contribution in [0.3, 0.4) is 0 Å². The SMILES string of the molecule is Cc1cc(Nc2cc(N3CCOCC3)n[nH]2)nc(Nc2ccc(NC(=S)Nc3ccc(Cl)c(C(F)(F)F)c3)nc2)n1. The maximum Gasteiger partial charge on any atom is 0.417 e. The number of morpholine rings is 1. The minimum atomic E-state index is -4.59. The lowest BCUT2D eigenvalue weighted by Crippen LogP contribution is -2.36. The van der Waals surface area contributed by atoms with Gasteiger partial charge in [-0.05, 0) is 49.5 Å². The number of alkyl halides is 3. The van der Waals surface area contributed by atoms with Gasteiger partial charge < -0.3 is 30.9 Å². The molecule has 0 spiro atoms. The van der Waals surface area contributed by atoms with E-state index in [1.807, 2.05) is 13.0 Å². The summed E-state index contributed by atoms with van der Waals surface area (Å²) in [6.07, 6.45) is -3.05. The number of rotatable bonds is 7. The normalized spacial score (nSPS) is 13.5. The third-order valence-electron chi connectivity index (χ3n) is 5.81. The van der Waals surface area contributed by atoms with E-state index in [4.69, 9.17) is 28.6 Å². The highest BCUT2D eigenvalue weighted by Crippen LogP contribution is 2.36. The van der Waals surface area contributed by atoms with Crippen LogP contribution in [0.15, 0.2) is 48.7 Å². The summed E-state index contributed by atoms with van der Waals surface area (Å²) in [5.74, 6) is 2.80. The largest absolute Gasteiger partial charge is 0.417 e. The number of H-pyrrole nitrogens is 1. The zero-order valence-electron chi connectivity index (χ0n) is 21.5. The number of hydrogen-bond acceptors (Lipinski definition) is 9. The Morgan fingerprint density at radius 1 is 1.00 bits per heavy atom. The highest BCUT2D eigenvalue weighted by atomic mass is 35.5. The molecule has 1 aromatic carbocycles. The molecule has 1 aliphatic rings. The topological polar surface area (TPSA) is 128 Å². The van der Waals surface area contributed by atoms with E-state index in [0.717, 1.165) is 36.7 Å². The molecule has 1 fully saturated rings. The summed E-state index contributed by atoms with van der Waals surface area (Å²) in [5, 5.41) is 18.8. The molecular formula is C25H24ClF3N10OS. The van der Waals surface area contributed by atoms with Gasteiger partial charge in [0, 0.05) is 36.6 Å². The second-order valence-electron chi connectivity index (χ2n) is 8.91. The first-order valence-corrected chi connectivity index (χ1v) is 13.1. The maximum atomic E-state index is 13.1. The quantitative estimate of drug-likeness (QED) is 0.166. The van der Waals surface area contributed by atoms with E-state index >= 15 is 0 Å². The number of thiocarbonyl (C=S) groups is 1. The number of aromatic amines is 1. The first kappa shape index (κ1) is 28.3. The minimum absolute atomic E-state index is 0.0574. The molecule has 3 aromatic heterocycles. The number of benzene rings is 1. The smallest absolute Gasteiger partial charge is 0.378 e. The Kier molecular flexibility index (Phi) is 8.37. The van der Waals surface area contributed by atoms with Gasteiger partial charge in [-0.15, -0.1) is 0 Å². The number of nitrogens with one attached hydrogen (secondary N) is 5. The third kappa shape index (κ3) is 7.50. The first-order chi connectivity index (χ1) is 19.6. The minimum Gasteiger partial charge on any atom is -0.378 e. The van der Waals surface area contributed by atoms with Crippen LogP contribution in [-0.2, 0) is 10.9 Å². The standard InChI is InChI=1S/C25H24ClF3N10OS/c1-14-10-20(34-21-12-22(38-37-21)39-6-8-40-9-7-39)35-23(31-14)32-16-3-5-19(30-13-16)36-24(41)33-15-2-4-18(26)17(11-15)25(27,28)29/h2-5,10-13H,6-9H2,1H3,(H2,30,33,36,41)(H3,31,32,34,35,37,38). The van der Waals surface area contributed by atoms with Gasteiger partial charge in [0.2, 0.25) is 5.95 Å². The van der Waals surface area contributed by atoms with Crippen molar-refractivity contribution in [2.45, 2.75) is 13.1 Å². The van der Waals surface area contributed by atoms with Crippen molar-refractivity contribution in [2.75, 3.05) is 52.5 Å². The molecule has 0 amide bonds. The molecule has 5 rings (SSSR count). The Balaban J connectivity index is 1.19. The van der Waals surface area contributed by atoms with Crippen LogP contribution in [0.4, 0.5) is 53.8 Å². The molecule has 16 heteroatoms. The Labute approximate surface area is 242 Å². The van der Waals surface area contributed by atoms with Gasteiger partial charge in [-0.2, -0.15) is 23.3 Å². The third-order valence-corrected chi connectivity index (χ3v) is 6.34. The van der Waals surface area contributed by atoms with Crippen molar-refractivity contribution in [3.63, 3.8) is 0 Å². The van der Waals surface area contributed by atoms with Crippen molar-refractivity contribution in [3.8, 4) is 0 Å². The molecule has 0 radical (unpaired) electrons. The molecule has 4 aromatic rings. The second-order valence-corrected chi connectivity index (χ2v) is 9.73. The monoisotopic (exact) mass is 604 g/mol. The summed E-state index contributed by atoms with van der Waals surface area (Å²) >= 11 is 10.9. The van der Waals surface area contributed by atoms with E-state index in [1.165, 1.54) is 12.3 Å². The molecule has 0 aliphatic carbocycles. The maximum absolute atomic E-state index is 13.1. The van der Waals surface area contributed by atoms with Gasteiger partial charge in [0.05, 0.1) is 35.7 Å². The summed E-state index contributed by atoms with van der Waals surface area (Å²) in [6.45, 7) is 4.74. The van der Waals surface area contributed by atoms with E-state index in [0.29, 0.717) is 42.3 Å². The highest BCUT2D eigenvalue weighted by molar-refractivity contribution is 7.80. The lowest BCUT2D eigenvalue weighted by molar-refractivity contribution is -0.137.